The van der Waals surface area contributed by atoms with Crippen molar-refractivity contribution >= 4 is 39.0 Å². The molecule has 1 amide bonds. The van der Waals surface area contributed by atoms with Crippen molar-refractivity contribution in [3.05, 3.63) is 40.4 Å². The van der Waals surface area contributed by atoms with Crippen LogP contribution in [0.25, 0.3) is 44.8 Å². The lowest BCUT2D eigenvalue weighted by Gasteiger charge is -2.16. The van der Waals surface area contributed by atoms with E-state index in [0.29, 0.717) is 11.6 Å². The molecule has 4 aromatic rings. The van der Waals surface area contributed by atoms with Crippen LogP contribution in [-0.2, 0) is 16.1 Å². The molecule has 0 saturated carbocycles. The summed E-state index contributed by atoms with van der Waals surface area (Å²) >= 11 is 3.72. The number of halogens is 1. The Kier molecular flexibility index (Phi) is 5.12. The predicted molar refractivity (Wildman–Crippen MR) is 121 cm³/mol. The quantitative estimate of drug-likeness (QED) is 0.349. The molecule has 0 aliphatic heterocycles. The molecule has 2 N–H and O–H groups in total. The van der Waals surface area contributed by atoms with Gasteiger partial charge in [-0.2, -0.15) is 0 Å². The van der Waals surface area contributed by atoms with Crippen molar-refractivity contribution in [1.29, 1.82) is 0 Å². The summed E-state index contributed by atoms with van der Waals surface area (Å²) in [5.41, 5.74) is 5.55. The monoisotopic (exact) mass is 511 g/mol. The molecule has 11 heteroatoms. The maximum Gasteiger partial charge on any atom is 0.407 e. The average Bonchev–Trinajstić information content (AvgIpc) is 3.36. The number of aliphatic carboxylic acids is 1. The van der Waals surface area contributed by atoms with Crippen LogP contribution in [0.5, 0.6) is 0 Å². The molecule has 4 bridgehead atoms. The van der Waals surface area contributed by atoms with E-state index < -0.39 is 18.1 Å². The van der Waals surface area contributed by atoms with Crippen LogP contribution in [0.1, 0.15) is 12.5 Å². The molecular formula is C22H18BrN5O5. The number of hydrogen-bond donors (Lipinski definition) is 2. The highest BCUT2D eigenvalue weighted by Gasteiger charge is 2.30. The van der Waals surface area contributed by atoms with Crippen molar-refractivity contribution in [1.82, 2.24) is 25.5 Å². The minimum absolute atomic E-state index is 0.0453. The Balaban J connectivity index is 1.49. The summed E-state index contributed by atoms with van der Waals surface area (Å²) in [4.78, 5) is 22.7. The number of fused-ring (bicyclic) bond motifs is 5. The number of carboxylic acids is 1. The van der Waals surface area contributed by atoms with E-state index in [9.17, 15) is 9.59 Å². The van der Waals surface area contributed by atoms with E-state index in [0.717, 1.165) is 43.3 Å². The summed E-state index contributed by atoms with van der Waals surface area (Å²) in [7, 11) is 0. The Morgan fingerprint density at radius 3 is 2.82 bits per heavy atom. The highest BCUT2D eigenvalue weighted by atomic mass is 79.9. The van der Waals surface area contributed by atoms with Crippen LogP contribution in [0.4, 0.5) is 4.79 Å². The molecule has 0 unspecified atom stereocenters. The normalized spacial score (nSPS) is 12.6. The number of carbonyl (C=O) groups is 2. The first-order chi connectivity index (χ1) is 15.9. The molecular weight excluding hydrogens is 494 g/mol. The second-order valence-electron chi connectivity index (χ2n) is 7.67. The number of nitrogens with one attached hydrogen (secondary N) is 1. The van der Waals surface area contributed by atoms with Crippen molar-refractivity contribution in [3.63, 3.8) is 0 Å². The first kappa shape index (κ1) is 21.1. The third-order valence-electron chi connectivity index (χ3n) is 5.58. The number of furan rings is 1. The largest absolute Gasteiger partial charge is 0.480 e. The second-order valence-corrected chi connectivity index (χ2v) is 8.46. The van der Waals surface area contributed by atoms with Gasteiger partial charge >= 0.3 is 12.1 Å². The van der Waals surface area contributed by atoms with Crippen molar-refractivity contribution in [3.8, 4) is 33.8 Å². The Morgan fingerprint density at radius 2 is 2.03 bits per heavy atom. The van der Waals surface area contributed by atoms with Crippen LogP contribution < -0.4 is 5.32 Å². The number of hydrogen-bond acceptors (Lipinski definition) is 7. The second kappa shape index (κ2) is 8.00. The number of ether oxygens (including phenoxy) is 1. The third kappa shape index (κ3) is 3.44. The molecule has 10 nitrogen and oxygen atoms in total. The molecule has 168 valence electrons. The van der Waals surface area contributed by atoms with Gasteiger partial charge in [0, 0.05) is 16.5 Å². The zero-order chi connectivity index (χ0) is 23.3. The van der Waals surface area contributed by atoms with Crippen molar-refractivity contribution in [2.75, 3.05) is 6.61 Å². The highest BCUT2D eigenvalue weighted by Crippen LogP contribution is 2.52. The molecule has 1 atom stereocenters. The summed E-state index contributed by atoms with van der Waals surface area (Å²) in [6.07, 6.45) is -0.826. The van der Waals surface area contributed by atoms with Gasteiger partial charge in [-0.25, -0.2) is 9.48 Å². The molecule has 2 aromatic heterocycles. The fourth-order valence-electron chi connectivity index (χ4n) is 4.01. The molecule has 0 spiro atoms. The van der Waals surface area contributed by atoms with E-state index in [1.807, 2.05) is 37.3 Å². The fourth-order valence-corrected chi connectivity index (χ4v) is 4.70. The lowest BCUT2D eigenvalue weighted by atomic mass is 9.92. The zero-order valence-electron chi connectivity index (χ0n) is 17.6. The molecule has 33 heavy (non-hydrogen) atoms. The van der Waals surface area contributed by atoms with E-state index >= 15 is 0 Å². The van der Waals surface area contributed by atoms with Gasteiger partial charge in [-0.3, -0.25) is 4.79 Å². The Bertz CT molecular complexity index is 1430. The third-order valence-corrected chi connectivity index (χ3v) is 6.34. The van der Waals surface area contributed by atoms with Gasteiger partial charge in [0.2, 0.25) is 0 Å². The van der Waals surface area contributed by atoms with Gasteiger partial charge in [-0.1, -0.05) is 24.3 Å². The van der Waals surface area contributed by atoms with Gasteiger partial charge in [-0.15, -0.1) is 5.10 Å². The molecule has 2 heterocycles. The maximum atomic E-state index is 11.8. The van der Waals surface area contributed by atoms with Gasteiger partial charge in [0.1, 0.15) is 24.0 Å². The average molecular weight is 512 g/mol. The van der Waals surface area contributed by atoms with Gasteiger partial charge in [0.15, 0.2) is 5.82 Å². The van der Waals surface area contributed by atoms with Gasteiger partial charge in [0.05, 0.1) is 11.0 Å². The molecule has 5 rings (SSSR count). The Labute approximate surface area is 195 Å². The lowest BCUT2D eigenvalue weighted by molar-refractivity contribution is -0.138. The summed E-state index contributed by atoms with van der Waals surface area (Å²) in [6.45, 7) is 3.53. The summed E-state index contributed by atoms with van der Waals surface area (Å²) in [6, 6.07) is 8.88. The standard InChI is InChI=1S/C22H18BrN5O5/c1-10-6-7-14-17-15(10)12-4-3-5-13(19(33-14)18(17)23)16(12)20-25-26-27-28(20)8-9-32-22(31)24-11(2)21(29)30/h3-7,11H,8-9H2,1-2H3,(H,24,31)(H,29,30)/t11-/m0/s1. The fraction of sp³-hybridized carbons (Fsp3) is 0.227. The van der Waals surface area contributed by atoms with Crippen LogP contribution >= 0.6 is 15.9 Å². The number of carboxylic acid groups (broad SMARTS) is 1. The number of aryl methyl sites for hydroxylation is 1. The number of benzene rings is 2. The van der Waals surface area contributed by atoms with Crippen molar-refractivity contribution < 1.29 is 23.8 Å². The summed E-state index contributed by atoms with van der Waals surface area (Å²) in [5.74, 6) is 0.0466. The van der Waals surface area contributed by atoms with E-state index in [2.05, 4.69) is 36.8 Å². The molecule has 2 aromatic carbocycles. The first-order valence-electron chi connectivity index (χ1n) is 10.1. The van der Waals surface area contributed by atoms with E-state index in [1.165, 1.54) is 6.92 Å². The van der Waals surface area contributed by atoms with Crippen LogP contribution in [0.3, 0.4) is 0 Å². The Morgan fingerprint density at radius 1 is 1.24 bits per heavy atom. The zero-order valence-corrected chi connectivity index (χ0v) is 19.2. The van der Waals surface area contributed by atoms with Crippen molar-refractivity contribution in [2.45, 2.75) is 26.4 Å². The molecule has 0 saturated heterocycles. The van der Waals surface area contributed by atoms with Gasteiger partial charge in [0.25, 0.3) is 0 Å². The lowest BCUT2D eigenvalue weighted by Crippen LogP contribution is -2.39. The maximum absolute atomic E-state index is 11.8. The Hall–Kier alpha value is -3.73. The minimum Gasteiger partial charge on any atom is -0.480 e. The van der Waals surface area contributed by atoms with Crippen LogP contribution in [0.15, 0.2) is 39.2 Å². The van der Waals surface area contributed by atoms with Crippen LogP contribution in [-0.4, -0.2) is 50.0 Å². The molecule has 1 aliphatic carbocycles. The van der Waals surface area contributed by atoms with Crippen LogP contribution in [0, 0.1) is 6.92 Å². The summed E-state index contributed by atoms with van der Waals surface area (Å²) in [5, 5.41) is 24.3. The number of nitrogens with zero attached hydrogens (tertiary/aromatic N) is 4. The molecule has 0 radical (unpaired) electrons. The number of tetrazole rings is 1. The smallest absolute Gasteiger partial charge is 0.407 e. The SMILES string of the molecule is Cc1ccc2oc3c(Br)c2c1-c1cccc-3c1-c1nnnn1CCOC(=O)N[C@@H](C)C(=O)O. The van der Waals surface area contributed by atoms with Crippen molar-refractivity contribution in [2.24, 2.45) is 0 Å². The van der Waals surface area contributed by atoms with E-state index in [1.54, 1.807) is 4.68 Å². The topological polar surface area (TPSA) is 132 Å². The number of carbonyl (C=O) groups excluding carboxylic acids is 1. The molecule has 0 fully saturated rings. The van der Waals surface area contributed by atoms with Crippen LogP contribution in [0.2, 0.25) is 0 Å². The number of rotatable bonds is 6. The predicted octanol–water partition coefficient (Wildman–Crippen LogP) is 4.00. The van der Waals surface area contributed by atoms with E-state index in [4.69, 9.17) is 14.3 Å². The summed E-state index contributed by atoms with van der Waals surface area (Å²) < 4.78 is 13.7. The van der Waals surface area contributed by atoms with Gasteiger partial charge < -0.3 is 19.6 Å². The minimum atomic E-state index is -1.15. The molecule has 1 aliphatic rings. The number of alkyl carbamates (subject to hydrolysis) is 1. The highest BCUT2D eigenvalue weighted by molar-refractivity contribution is 9.10. The van der Waals surface area contributed by atoms with E-state index in [-0.39, 0.29) is 13.2 Å². The first-order valence-corrected chi connectivity index (χ1v) is 10.9. The number of aromatic nitrogens is 4. The number of amides is 1. The van der Waals surface area contributed by atoms with Gasteiger partial charge in [-0.05, 0) is 63.0 Å².